The van der Waals surface area contributed by atoms with E-state index in [0.29, 0.717) is 12.8 Å². The molecule has 0 radical (unpaired) electrons. The summed E-state index contributed by atoms with van der Waals surface area (Å²) < 4.78 is 38.1. The maximum atomic E-state index is 12.9. The minimum Gasteiger partial charge on any atom is -0.465 e. The maximum Gasteiger partial charge on any atom is 0.354 e. The number of methoxy groups -OCH3 is 1. The number of aryl methyl sites for hydroxylation is 1. The van der Waals surface area contributed by atoms with Crippen LogP contribution in [0.4, 0.5) is 0 Å². The monoisotopic (exact) mass is 358 g/mol. The fraction of sp³-hybridized carbons (Fsp3) is 0.600. The van der Waals surface area contributed by atoms with Crippen LogP contribution >= 0.6 is 0 Å². The minimum absolute atomic E-state index is 0.0402. The number of hydrogen-bond acceptors (Lipinski definition) is 6. The van der Waals surface area contributed by atoms with E-state index in [4.69, 9.17) is 4.74 Å². The summed E-state index contributed by atoms with van der Waals surface area (Å²) in [5, 5.41) is 0. The van der Waals surface area contributed by atoms with E-state index in [-0.39, 0.29) is 23.7 Å². The van der Waals surface area contributed by atoms with Crippen molar-refractivity contribution in [3.63, 3.8) is 0 Å². The zero-order valence-corrected chi connectivity index (χ0v) is 14.8. The van der Waals surface area contributed by atoms with Gasteiger partial charge in [-0.2, -0.15) is 4.31 Å². The number of sulfonamides is 1. The molecule has 24 heavy (non-hydrogen) atoms. The lowest BCUT2D eigenvalue weighted by molar-refractivity contribution is -0.148. The average Bonchev–Trinajstić information content (AvgIpc) is 2.97. The molecule has 0 bridgehead atoms. The SMILES string of the molecule is CCOC(=O)C1CCCCN1S(=O)(=O)c1cc(C(=O)OC)n(C)c1. The molecule has 1 aliphatic rings. The third-order valence-corrected chi connectivity index (χ3v) is 5.87. The van der Waals surface area contributed by atoms with Crippen LogP contribution in [0, 0.1) is 0 Å². The van der Waals surface area contributed by atoms with E-state index in [1.807, 2.05) is 0 Å². The first-order valence-corrected chi connectivity index (χ1v) is 9.20. The first-order valence-electron chi connectivity index (χ1n) is 7.76. The normalized spacial score (nSPS) is 19.0. The Morgan fingerprint density at radius 3 is 2.67 bits per heavy atom. The summed E-state index contributed by atoms with van der Waals surface area (Å²) in [5.74, 6) is -1.16. The van der Waals surface area contributed by atoms with Gasteiger partial charge >= 0.3 is 11.9 Å². The molecule has 0 N–H and O–H groups in total. The van der Waals surface area contributed by atoms with Gasteiger partial charge in [0.2, 0.25) is 10.0 Å². The number of piperidine rings is 1. The summed E-state index contributed by atoms with van der Waals surface area (Å²) >= 11 is 0. The van der Waals surface area contributed by atoms with Crippen molar-refractivity contribution in [3.05, 3.63) is 18.0 Å². The van der Waals surface area contributed by atoms with Gasteiger partial charge in [0.05, 0.1) is 13.7 Å². The highest BCUT2D eigenvalue weighted by Gasteiger charge is 2.39. The highest BCUT2D eigenvalue weighted by Crippen LogP contribution is 2.27. The van der Waals surface area contributed by atoms with E-state index in [9.17, 15) is 18.0 Å². The molecule has 2 rings (SSSR count). The van der Waals surface area contributed by atoms with E-state index < -0.39 is 28.0 Å². The van der Waals surface area contributed by atoms with Crippen LogP contribution in [0.15, 0.2) is 17.2 Å². The molecule has 1 aromatic rings. The molecule has 0 spiro atoms. The zero-order valence-electron chi connectivity index (χ0n) is 14.0. The first kappa shape index (κ1) is 18.5. The number of carbonyl (C=O) groups is 2. The smallest absolute Gasteiger partial charge is 0.354 e. The Morgan fingerprint density at radius 1 is 1.33 bits per heavy atom. The summed E-state index contributed by atoms with van der Waals surface area (Å²) in [7, 11) is -1.13. The zero-order chi connectivity index (χ0) is 17.9. The predicted octanol–water partition coefficient (Wildman–Crippen LogP) is 0.918. The van der Waals surface area contributed by atoms with Crippen LogP contribution in [-0.2, 0) is 31.3 Å². The lowest BCUT2D eigenvalue weighted by atomic mass is 10.1. The van der Waals surface area contributed by atoms with Gasteiger partial charge in [0.25, 0.3) is 0 Å². The molecule has 134 valence electrons. The number of ether oxygens (including phenoxy) is 2. The Kier molecular flexibility index (Phi) is 5.66. The Bertz CT molecular complexity index is 724. The minimum atomic E-state index is -3.91. The lowest BCUT2D eigenvalue weighted by Crippen LogP contribution is -2.48. The Morgan fingerprint density at radius 2 is 2.04 bits per heavy atom. The van der Waals surface area contributed by atoms with Crippen LogP contribution in [-0.4, -0.2) is 55.5 Å². The van der Waals surface area contributed by atoms with E-state index >= 15 is 0 Å². The summed E-state index contributed by atoms with van der Waals surface area (Å²) in [6.07, 6.45) is 3.21. The highest BCUT2D eigenvalue weighted by molar-refractivity contribution is 7.89. The molecule has 1 atom stereocenters. The summed E-state index contributed by atoms with van der Waals surface area (Å²) in [6, 6.07) is 0.434. The molecule has 1 aliphatic heterocycles. The second kappa shape index (κ2) is 7.35. The Labute approximate surface area is 141 Å². The summed E-state index contributed by atoms with van der Waals surface area (Å²) in [5.41, 5.74) is 0.126. The number of hydrogen-bond donors (Lipinski definition) is 0. The van der Waals surface area contributed by atoms with Crippen LogP contribution in [0.5, 0.6) is 0 Å². The molecular weight excluding hydrogens is 336 g/mol. The second-order valence-electron chi connectivity index (χ2n) is 5.54. The van der Waals surface area contributed by atoms with Crippen LogP contribution in [0.1, 0.15) is 36.7 Å². The van der Waals surface area contributed by atoms with Gasteiger partial charge in [-0.25, -0.2) is 13.2 Å². The van der Waals surface area contributed by atoms with Gasteiger partial charge in [-0.05, 0) is 32.3 Å². The second-order valence-corrected chi connectivity index (χ2v) is 7.43. The van der Waals surface area contributed by atoms with Gasteiger partial charge in [-0.1, -0.05) is 0 Å². The quantitative estimate of drug-likeness (QED) is 0.727. The lowest BCUT2D eigenvalue weighted by Gasteiger charge is -2.32. The van der Waals surface area contributed by atoms with E-state index in [2.05, 4.69) is 4.74 Å². The fourth-order valence-electron chi connectivity index (χ4n) is 2.78. The van der Waals surface area contributed by atoms with Crippen molar-refractivity contribution in [2.45, 2.75) is 37.1 Å². The molecule has 8 nitrogen and oxygen atoms in total. The molecule has 1 saturated heterocycles. The molecular formula is C15H22N2O6S. The van der Waals surface area contributed by atoms with Gasteiger partial charge in [0.1, 0.15) is 16.6 Å². The number of aromatic nitrogens is 1. The van der Waals surface area contributed by atoms with Gasteiger partial charge < -0.3 is 14.0 Å². The summed E-state index contributed by atoms with van der Waals surface area (Å²) in [6.45, 7) is 2.12. The Hall–Kier alpha value is -1.87. The van der Waals surface area contributed by atoms with Crippen molar-refractivity contribution in [2.24, 2.45) is 7.05 Å². The highest BCUT2D eigenvalue weighted by atomic mass is 32.2. The third-order valence-electron chi connectivity index (χ3n) is 3.99. The van der Waals surface area contributed by atoms with Crippen molar-refractivity contribution in [3.8, 4) is 0 Å². The first-order chi connectivity index (χ1) is 11.3. The van der Waals surface area contributed by atoms with Gasteiger partial charge in [0.15, 0.2) is 0 Å². The van der Waals surface area contributed by atoms with Crippen molar-refractivity contribution in [1.29, 1.82) is 0 Å². The average molecular weight is 358 g/mol. The molecule has 1 unspecified atom stereocenters. The van der Waals surface area contributed by atoms with Crippen molar-refractivity contribution >= 4 is 22.0 Å². The fourth-order valence-corrected chi connectivity index (χ4v) is 4.50. The Balaban J connectivity index is 2.37. The number of carbonyl (C=O) groups excluding carboxylic acids is 2. The third kappa shape index (κ3) is 3.46. The van der Waals surface area contributed by atoms with Gasteiger partial charge in [-0.15, -0.1) is 0 Å². The van der Waals surface area contributed by atoms with Crippen LogP contribution in [0.3, 0.4) is 0 Å². The van der Waals surface area contributed by atoms with E-state index in [1.165, 1.54) is 28.2 Å². The van der Waals surface area contributed by atoms with Crippen molar-refractivity contribution in [1.82, 2.24) is 8.87 Å². The van der Waals surface area contributed by atoms with Gasteiger partial charge in [0, 0.05) is 19.8 Å². The van der Waals surface area contributed by atoms with Crippen LogP contribution in [0.25, 0.3) is 0 Å². The molecule has 9 heteroatoms. The molecule has 0 aromatic carbocycles. The van der Waals surface area contributed by atoms with E-state index in [0.717, 1.165) is 6.42 Å². The molecule has 0 aliphatic carbocycles. The van der Waals surface area contributed by atoms with Gasteiger partial charge in [-0.3, -0.25) is 4.79 Å². The molecule has 1 aromatic heterocycles. The number of esters is 2. The molecule has 1 fully saturated rings. The topological polar surface area (TPSA) is 94.9 Å². The van der Waals surface area contributed by atoms with E-state index in [1.54, 1.807) is 14.0 Å². The largest absolute Gasteiger partial charge is 0.465 e. The van der Waals surface area contributed by atoms with Crippen molar-refractivity contribution < 1.29 is 27.5 Å². The van der Waals surface area contributed by atoms with Crippen LogP contribution < -0.4 is 0 Å². The van der Waals surface area contributed by atoms with Crippen molar-refractivity contribution in [2.75, 3.05) is 20.3 Å². The maximum absolute atomic E-state index is 12.9. The molecule has 0 amide bonds. The molecule has 2 heterocycles. The van der Waals surface area contributed by atoms with Crippen LogP contribution in [0.2, 0.25) is 0 Å². The number of rotatable bonds is 5. The standard InChI is InChI=1S/C15H22N2O6S/c1-4-23-15(19)12-7-5-6-8-17(12)24(20,21)11-9-13(14(18)22-3)16(2)10-11/h9-10,12H,4-8H2,1-3H3. The number of nitrogens with zero attached hydrogens (tertiary/aromatic N) is 2. The predicted molar refractivity (Wildman–Crippen MR) is 84.9 cm³/mol. The summed E-state index contributed by atoms with van der Waals surface area (Å²) in [4.78, 5) is 23.7. The molecule has 0 saturated carbocycles.